The maximum Gasteiger partial charge on any atom is 0.240 e. The Morgan fingerprint density at radius 1 is 1.30 bits per heavy atom. The van der Waals surface area contributed by atoms with E-state index in [9.17, 15) is 4.79 Å². The Bertz CT molecular complexity index is 810. The zero-order valence-corrected chi connectivity index (χ0v) is 12.5. The number of nitrogens with zero attached hydrogens (tertiary/aromatic N) is 6. The lowest BCUT2D eigenvalue weighted by Crippen LogP contribution is -2.38. The molecule has 1 atom stereocenters. The fourth-order valence-corrected chi connectivity index (χ4v) is 2.89. The molecule has 0 radical (unpaired) electrons. The number of hydrogen-bond donors (Lipinski definition) is 1. The molecule has 8 nitrogen and oxygen atoms in total. The third-order valence-corrected chi connectivity index (χ3v) is 4.02. The molecule has 8 heteroatoms. The van der Waals surface area contributed by atoms with Crippen LogP contribution in [-0.2, 0) is 11.3 Å². The predicted molar refractivity (Wildman–Crippen MR) is 84.0 cm³/mol. The van der Waals surface area contributed by atoms with E-state index in [4.69, 9.17) is 0 Å². The van der Waals surface area contributed by atoms with Gasteiger partial charge in [-0.2, -0.15) is 4.52 Å². The number of nitrogens with one attached hydrogen (secondary N) is 1. The van der Waals surface area contributed by atoms with Crippen molar-refractivity contribution >= 4 is 17.4 Å². The Hall–Kier alpha value is -2.90. The number of aromatic nitrogens is 5. The van der Waals surface area contributed by atoms with Crippen molar-refractivity contribution < 1.29 is 4.79 Å². The molecule has 1 amide bonds. The summed E-state index contributed by atoms with van der Waals surface area (Å²) in [6, 6.07) is 7.81. The molecule has 0 aliphatic carbocycles. The molecular formula is C15H17N7O. The first kappa shape index (κ1) is 13.7. The molecule has 1 aliphatic rings. The van der Waals surface area contributed by atoms with Crippen molar-refractivity contribution in [2.24, 2.45) is 0 Å². The fraction of sp³-hybridized carbons (Fsp3) is 0.333. The second-order valence-corrected chi connectivity index (χ2v) is 5.68. The van der Waals surface area contributed by atoms with Crippen LogP contribution in [0.2, 0.25) is 0 Å². The average Bonchev–Trinajstić information content (AvgIpc) is 3.27. The highest BCUT2D eigenvalue weighted by atomic mass is 16.2. The molecule has 118 valence electrons. The molecule has 3 aromatic rings. The van der Waals surface area contributed by atoms with E-state index in [2.05, 4.69) is 25.5 Å². The van der Waals surface area contributed by atoms with Crippen molar-refractivity contribution in [2.75, 3.05) is 18.0 Å². The molecule has 1 aliphatic heterocycles. The van der Waals surface area contributed by atoms with Crippen LogP contribution in [0.1, 0.15) is 6.42 Å². The van der Waals surface area contributed by atoms with Gasteiger partial charge in [-0.3, -0.25) is 4.79 Å². The minimum Gasteiger partial charge on any atom is -0.353 e. The molecule has 1 unspecified atom stereocenters. The monoisotopic (exact) mass is 311 g/mol. The standard InChI is InChI=1S/C15H17N7O/c23-15(10-20-6-1-2-7-20)17-12-5-8-21(9-12)14-4-3-13-18-16-11-22(13)19-14/h1-4,6-7,11-12H,5,8-10H2,(H,17,23). The molecule has 4 rings (SSSR count). The van der Waals surface area contributed by atoms with E-state index in [1.54, 1.807) is 10.8 Å². The molecule has 1 saturated heterocycles. The van der Waals surface area contributed by atoms with Crippen LogP contribution in [0.5, 0.6) is 0 Å². The van der Waals surface area contributed by atoms with Crippen LogP contribution >= 0.6 is 0 Å². The van der Waals surface area contributed by atoms with E-state index in [0.29, 0.717) is 6.54 Å². The van der Waals surface area contributed by atoms with E-state index in [1.807, 2.05) is 41.2 Å². The highest BCUT2D eigenvalue weighted by Gasteiger charge is 2.25. The maximum atomic E-state index is 12.1. The first-order valence-corrected chi connectivity index (χ1v) is 7.60. The average molecular weight is 311 g/mol. The molecular weight excluding hydrogens is 294 g/mol. The van der Waals surface area contributed by atoms with Gasteiger partial charge in [-0.25, -0.2) is 0 Å². The van der Waals surface area contributed by atoms with Crippen molar-refractivity contribution in [3.63, 3.8) is 0 Å². The van der Waals surface area contributed by atoms with Crippen LogP contribution in [0.3, 0.4) is 0 Å². The van der Waals surface area contributed by atoms with Gasteiger partial charge in [0.25, 0.3) is 0 Å². The highest BCUT2D eigenvalue weighted by molar-refractivity contribution is 5.76. The summed E-state index contributed by atoms with van der Waals surface area (Å²) >= 11 is 0. The normalized spacial score (nSPS) is 17.7. The lowest BCUT2D eigenvalue weighted by molar-refractivity contribution is -0.122. The molecule has 3 aromatic heterocycles. The van der Waals surface area contributed by atoms with Crippen LogP contribution in [-0.4, -0.2) is 49.4 Å². The SMILES string of the molecule is O=C(Cn1cccc1)NC1CCN(c2ccc3nncn3n2)C1. The summed E-state index contributed by atoms with van der Waals surface area (Å²) < 4.78 is 3.52. The minimum atomic E-state index is 0.0373. The largest absolute Gasteiger partial charge is 0.353 e. The smallest absolute Gasteiger partial charge is 0.240 e. The zero-order chi connectivity index (χ0) is 15.6. The summed E-state index contributed by atoms with van der Waals surface area (Å²) in [6.45, 7) is 1.99. The van der Waals surface area contributed by atoms with Gasteiger partial charge < -0.3 is 14.8 Å². The van der Waals surface area contributed by atoms with Crippen molar-refractivity contribution in [3.8, 4) is 0 Å². The second-order valence-electron chi connectivity index (χ2n) is 5.68. The van der Waals surface area contributed by atoms with Crippen LogP contribution < -0.4 is 10.2 Å². The zero-order valence-electron chi connectivity index (χ0n) is 12.5. The van der Waals surface area contributed by atoms with Crippen molar-refractivity contribution in [1.82, 2.24) is 29.7 Å². The van der Waals surface area contributed by atoms with Crippen LogP contribution in [0.25, 0.3) is 5.65 Å². The summed E-state index contributed by atoms with van der Waals surface area (Å²) in [4.78, 5) is 14.2. The topological polar surface area (TPSA) is 80.4 Å². The summed E-state index contributed by atoms with van der Waals surface area (Å²) in [5, 5.41) is 15.4. The van der Waals surface area contributed by atoms with Gasteiger partial charge in [-0.05, 0) is 30.7 Å². The number of rotatable bonds is 4. The molecule has 0 bridgehead atoms. The van der Waals surface area contributed by atoms with Crippen molar-refractivity contribution in [3.05, 3.63) is 43.0 Å². The van der Waals surface area contributed by atoms with Crippen LogP contribution in [0, 0.1) is 0 Å². The van der Waals surface area contributed by atoms with Gasteiger partial charge >= 0.3 is 0 Å². The Labute approximate surface area is 132 Å². The van der Waals surface area contributed by atoms with E-state index >= 15 is 0 Å². The maximum absolute atomic E-state index is 12.1. The van der Waals surface area contributed by atoms with Gasteiger partial charge in [0.15, 0.2) is 5.65 Å². The van der Waals surface area contributed by atoms with E-state index in [0.717, 1.165) is 31.0 Å². The van der Waals surface area contributed by atoms with E-state index in [-0.39, 0.29) is 11.9 Å². The summed E-state index contributed by atoms with van der Waals surface area (Å²) in [6.07, 6.45) is 6.28. The second kappa shape index (κ2) is 5.71. The Morgan fingerprint density at radius 2 is 2.17 bits per heavy atom. The number of fused-ring (bicyclic) bond motifs is 1. The number of anilines is 1. The molecule has 0 spiro atoms. The van der Waals surface area contributed by atoms with Gasteiger partial charge in [0.05, 0.1) is 0 Å². The van der Waals surface area contributed by atoms with Gasteiger partial charge in [-0.15, -0.1) is 15.3 Å². The summed E-state index contributed by atoms with van der Waals surface area (Å²) in [5.41, 5.74) is 0.726. The molecule has 1 fully saturated rings. The Kier molecular flexibility index (Phi) is 3.41. The van der Waals surface area contributed by atoms with Gasteiger partial charge in [0.1, 0.15) is 18.7 Å². The molecule has 23 heavy (non-hydrogen) atoms. The van der Waals surface area contributed by atoms with Crippen molar-refractivity contribution in [2.45, 2.75) is 19.0 Å². The first-order valence-electron chi connectivity index (χ1n) is 7.60. The van der Waals surface area contributed by atoms with Crippen molar-refractivity contribution in [1.29, 1.82) is 0 Å². The predicted octanol–water partition coefficient (Wildman–Crippen LogP) is 0.321. The van der Waals surface area contributed by atoms with Crippen LogP contribution in [0.4, 0.5) is 5.82 Å². The first-order chi connectivity index (χ1) is 11.3. The number of carbonyl (C=O) groups is 1. The number of amides is 1. The lowest BCUT2D eigenvalue weighted by atomic mass is 10.2. The number of hydrogen-bond acceptors (Lipinski definition) is 5. The van der Waals surface area contributed by atoms with Crippen LogP contribution in [0.15, 0.2) is 43.0 Å². The quantitative estimate of drug-likeness (QED) is 0.750. The Balaban J connectivity index is 1.37. The highest BCUT2D eigenvalue weighted by Crippen LogP contribution is 2.18. The Morgan fingerprint density at radius 3 is 3.04 bits per heavy atom. The fourth-order valence-electron chi connectivity index (χ4n) is 2.89. The molecule has 4 heterocycles. The lowest BCUT2D eigenvalue weighted by Gasteiger charge is -2.17. The van der Waals surface area contributed by atoms with Gasteiger partial charge in [0, 0.05) is 31.5 Å². The summed E-state index contributed by atoms with van der Waals surface area (Å²) in [7, 11) is 0. The van der Waals surface area contributed by atoms with Gasteiger partial charge in [0.2, 0.25) is 5.91 Å². The third-order valence-electron chi connectivity index (χ3n) is 4.02. The third kappa shape index (κ3) is 2.87. The molecule has 1 N–H and O–H groups in total. The van der Waals surface area contributed by atoms with E-state index < -0.39 is 0 Å². The molecule has 0 aromatic carbocycles. The number of carbonyl (C=O) groups excluding carboxylic acids is 1. The molecule has 0 saturated carbocycles. The minimum absolute atomic E-state index is 0.0373. The van der Waals surface area contributed by atoms with E-state index in [1.165, 1.54) is 0 Å². The van der Waals surface area contributed by atoms with Gasteiger partial charge in [-0.1, -0.05) is 0 Å². The summed E-state index contributed by atoms with van der Waals surface area (Å²) in [5.74, 6) is 0.912.